The summed E-state index contributed by atoms with van der Waals surface area (Å²) in [7, 11) is -3.41. The summed E-state index contributed by atoms with van der Waals surface area (Å²) in [4.78, 5) is 14.6. The van der Waals surface area contributed by atoms with Crippen molar-refractivity contribution in [3.05, 3.63) is 82.5 Å². The first-order chi connectivity index (χ1) is 13.3. The topological polar surface area (TPSA) is 109 Å². The Morgan fingerprint density at radius 2 is 1.75 bits per heavy atom. The Morgan fingerprint density at radius 1 is 1.04 bits per heavy atom. The highest BCUT2D eigenvalue weighted by Gasteiger charge is 2.17. The lowest BCUT2D eigenvalue weighted by molar-refractivity contribution is -0.386. The SMILES string of the molecule is CS(=O)(=O)c1ccc(Oc2ccc([N+](=O)[O-])c(OCc3ccccc3)c2)cn1. The van der Waals surface area contributed by atoms with E-state index in [1.54, 1.807) is 0 Å². The van der Waals surface area contributed by atoms with Crippen molar-refractivity contribution in [1.82, 2.24) is 4.98 Å². The number of ether oxygens (including phenoxy) is 2. The van der Waals surface area contributed by atoms with E-state index in [1.165, 1.54) is 36.5 Å². The van der Waals surface area contributed by atoms with Crippen LogP contribution in [-0.4, -0.2) is 24.6 Å². The van der Waals surface area contributed by atoms with Gasteiger partial charge in [-0.2, -0.15) is 0 Å². The van der Waals surface area contributed by atoms with Gasteiger partial charge in [0.2, 0.25) is 5.75 Å². The van der Waals surface area contributed by atoms with Crippen LogP contribution in [0, 0.1) is 10.1 Å². The van der Waals surface area contributed by atoms with Crippen LogP contribution in [-0.2, 0) is 16.4 Å². The van der Waals surface area contributed by atoms with E-state index < -0.39 is 14.8 Å². The van der Waals surface area contributed by atoms with Gasteiger partial charge >= 0.3 is 5.69 Å². The molecule has 2 aromatic carbocycles. The minimum Gasteiger partial charge on any atom is -0.482 e. The number of rotatable bonds is 7. The first-order valence-corrected chi connectivity index (χ1v) is 10.0. The molecule has 1 heterocycles. The maximum atomic E-state index is 11.5. The van der Waals surface area contributed by atoms with Gasteiger partial charge in [-0.3, -0.25) is 10.1 Å². The van der Waals surface area contributed by atoms with E-state index in [4.69, 9.17) is 9.47 Å². The van der Waals surface area contributed by atoms with E-state index in [0.29, 0.717) is 5.75 Å². The molecule has 3 rings (SSSR count). The first kappa shape index (κ1) is 19.3. The van der Waals surface area contributed by atoms with Crippen molar-refractivity contribution < 1.29 is 22.8 Å². The smallest absolute Gasteiger partial charge is 0.311 e. The second-order valence-electron chi connectivity index (χ2n) is 5.87. The van der Waals surface area contributed by atoms with Crippen molar-refractivity contribution in [3.8, 4) is 17.2 Å². The van der Waals surface area contributed by atoms with Crippen molar-refractivity contribution in [2.75, 3.05) is 6.26 Å². The largest absolute Gasteiger partial charge is 0.482 e. The van der Waals surface area contributed by atoms with Crippen LogP contribution in [0.15, 0.2) is 71.9 Å². The zero-order valence-corrected chi connectivity index (χ0v) is 15.6. The number of sulfone groups is 1. The molecule has 0 unspecified atom stereocenters. The molecule has 0 bridgehead atoms. The molecule has 0 aliphatic heterocycles. The van der Waals surface area contributed by atoms with Gasteiger partial charge in [-0.05, 0) is 23.8 Å². The third-order valence-electron chi connectivity index (χ3n) is 3.69. The van der Waals surface area contributed by atoms with E-state index in [0.717, 1.165) is 11.8 Å². The predicted octanol–water partition coefficient (Wildman–Crippen LogP) is 3.76. The predicted molar refractivity (Wildman–Crippen MR) is 101 cm³/mol. The first-order valence-electron chi connectivity index (χ1n) is 8.12. The number of benzene rings is 2. The fourth-order valence-electron chi connectivity index (χ4n) is 2.34. The average Bonchev–Trinajstić information content (AvgIpc) is 2.67. The summed E-state index contributed by atoms with van der Waals surface area (Å²) >= 11 is 0. The number of hydrogen-bond donors (Lipinski definition) is 0. The van der Waals surface area contributed by atoms with Crippen molar-refractivity contribution in [2.24, 2.45) is 0 Å². The van der Waals surface area contributed by atoms with Crippen LogP contribution in [0.4, 0.5) is 5.69 Å². The molecule has 3 aromatic rings. The number of nitro benzene ring substituents is 1. The molecule has 0 atom stereocenters. The summed E-state index contributed by atoms with van der Waals surface area (Å²) in [5, 5.41) is 11.2. The van der Waals surface area contributed by atoms with Gasteiger partial charge in [-0.1, -0.05) is 30.3 Å². The maximum absolute atomic E-state index is 11.5. The third kappa shape index (κ3) is 4.83. The highest BCUT2D eigenvalue weighted by Crippen LogP contribution is 2.33. The third-order valence-corrected chi connectivity index (χ3v) is 4.69. The van der Waals surface area contributed by atoms with Crippen LogP contribution in [0.3, 0.4) is 0 Å². The van der Waals surface area contributed by atoms with E-state index in [9.17, 15) is 18.5 Å². The fourth-order valence-corrected chi connectivity index (χ4v) is 2.90. The Hall–Kier alpha value is -3.46. The molecule has 0 N–H and O–H groups in total. The number of nitro groups is 1. The van der Waals surface area contributed by atoms with Gasteiger partial charge in [0.15, 0.2) is 14.9 Å². The van der Waals surface area contributed by atoms with Crippen LogP contribution < -0.4 is 9.47 Å². The van der Waals surface area contributed by atoms with Gasteiger partial charge < -0.3 is 9.47 Å². The van der Waals surface area contributed by atoms with E-state index in [2.05, 4.69) is 4.98 Å². The zero-order chi connectivity index (χ0) is 20.1. The molecule has 0 aliphatic rings. The summed E-state index contributed by atoms with van der Waals surface area (Å²) in [6.07, 6.45) is 2.32. The quantitative estimate of drug-likeness (QED) is 0.439. The summed E-state index contributed by atoms with van der Waals surface area (Å²) in [6.45, 7) is 0.162. The fraction of sp³-hybridized carbons (Fsp3) is 0.105. The molecule has 0 amide bonds. The summed E-state index contributed by atoms with van der Waals surface area (Å²) in [5.74, 6) is 0.643. The number of pyridine rings is 1. The van der Waals surface area contributed by atoms with Crippen LogP contribution in [0.1, 0.15) is 5.56 Å². The molecule has 8 nitrogen and oxygen atoms in total. The molecule has 0 spiro atoms. The second kappa shape index (κ2) is 8.05. The van der Waals surface area contributed by atoms with Crippen LogP contribution in [0.2, 0.25) is 0 Å². The van der Waals surface area contributed by atoms with E-state index >= 15 is 0 Å². The summed E-state index contributed by atoms with van der Waals surface area (Å²) in [5.41, 5.74) is 0.678. The molecule has 144 valence electrons. The second-order valence-corrected chi connectivity index (χ2v) is 7.83. The molecule has 28 heavy (non-hydrogen) atoms. The monoisotopic (exact) mass is 400 g/mol. The molecular weight excluding hydrogens is 384 g/mol. The number of hydrogen-bond acceptors (Lipinski definition) is 7. The molecule has 1 aromatic heterocycles. The summed E-state index contributed by atoms with van der Waals surface area (Å²) in [6, 6.07) is 16.2. The standard InChI is InChI=1S/C19H16N2O6S/c1-28(24,25)19-10-8-16(12-20-19)27-15-7-9-17(21(22)23)18(11-15)26-13-14-5-3-2-4-6-14/h2-12H,13H2,1H3. The number of nitrogens with zero attached hydrogens (tertiary/aromatic N) is 2. The van der Waals surface area contributed by atoms with Gasteiger partial charge in [0.05, 0.1) is 11.1 Å². The lowest BCUT2D eigenvalue weighted by Gasteiger charge is -2.10. The Kier molecular flexibility index (Phi) is 5.55. The minimum atomic E-state index is -3.41. The summed E-state index contributed by atoms with van der Waals surface area (Å²) < 4.78 is 34.1. The highest BCUT2D eigenvalue weighted by molar-refractivity contribution is 7.90. The van der Waals surface area contributed by atoms with Gasteiger partial charge in [0, 0.05) is 18.4 Å². The van der Waals surface area contributed by atoms with Crippen LogP contribution >= 0.6 is 0 Å². The Morgan fingerprint density at radius 3 is 2.36 bits per heavy atom. The Balaban J connectivity index is 1.81. The average molecular weight is 400 g/mol. The lowest BCUT2D eigenvalue weighted by atomic mass is 10.2. The normalized spacial score (nSPS) is 11.0. The molecule has 0 fully saturated rings. The molecule has 0 radical (unpaired) electrons. The van der Waals surface area contributed by atoms with Crippen LogP contribution in [0.5, 0.6) is 17.2 Å². The molecule has 0 saturated heterocycles. The van der Waals surface area contributed by atoms with E-state index in [-0.39, 0.29) is 28.8 Å². The zero-order valence-electron chi connectivity index (χ0n) is 14.8. The lowest BCUT2D eigenvalue weighted by Crippen LogP contribution is -2.00. The minimum absolute atomic E-state index is 0.0621. The highest BCUT2D eigenvalue weighted by atomic mass is 32.2. The Bertz CT molecular complexity index is 1080. The molecule has 0 saturated carbocycles. The molecule has 9 heteroatoms. The maximum Gasteiger partial charge on any atom is 0.311 e. The van der Waals surface area contributed by atoms with Gasteiger partial charge in [0.25, 0.3) is 0 Å². The van der Waals surface area contributed by atoms with Gasteiger partial charge in [-0.25, -0.2) is 13.4 Å². The molecular formula is C19H16N2O6S. The van der Waals surface area contributed by atoms with E-state index in [1.807, 2.05) is 30.3 Å². The van der Waals surface area contributed by atoms with Gasteiger partial charge in [0.1, 0.15) is 18.1 Å². The van der Waals surface area contributed by atoms with Crippen molar-refractivity contribution >= 4 is 15.5 Å². The van der Waals surface area contributed by atoms with Crippen molar-refractivity contribution in [1.29, 1.82) is 0 Å². The van der Waals surface area contributed by atoms with Crippen molar-refractivity contribution in [3.63, 3.8) is 0 Å². The van der Waals surface area contributed by atoms with Crippen LogP contribution in [0.25, 0.3) is 0 Å². The Labute approximate surface area is 161 Å². The van der Waals surface area contributed by atoms with Gasteiger partial charge in [-0.15, -0.1) is 0 Å². The number of aromatic nitrogens is 1. The molecule has 0 aliphatic carbocycles. The van der Waals surface area contributed by atoms with Crippen molar-refractivity contribution in [2.45, 2.75) is 11.6 Å².